The largest absolute Gasteiger partial charge is 0.458 e. The van der Waals surface area contributed by atoms with E-state index in [9.17, 15) is 19.5 Å². The van der Waals surface area contributed by atoms with Crippen molar-refractivity contribution in [3.63, 3.8) is 0 Å². The molecule has 0 spiro atoms. The third kappa shape index (κ3) is 3.29. The van der Waals surface area contributed by atoms with Gasteiger partial charge < -0.3 is 14.8 Å². The lowest BCUT2D eigenvalue weighted by atomic mass is 9.44. The molecule has 3 aliphatic carbocycles. The number of aromatic amines is 1. The number of benzene rings is 1. The van der Waals surface area contributed by atoms with Gasteiger partial charge in [-0.25, -0.2) is 4.79 Å². The van der Waals surface area contributed by atoms with Gasteiger partial charge in [-0.05, 0) is 55.1 Å². The molecule has 6 nitrogen and oxygen atoms in total. The molecule has 3 fully saturated rings. The standard InChI is InChI=1S/C30H37NO5/c1-6-28(4)15-23(36-27(35)20-16-31-21-10-8-7-9-19(21)24(20)33)29(5)17(2)11-13-30(18(3)26(28)34)14-12-22(32)25(29)30/h6-10,16-18,23,25-26,34H,1,11-15H2,2-5H3,(H,31,33)/t17-,18+,23-,25?,26+,28-,29+,30?/m1/s1. The van der Waals surface area contributed by atoms with Crippen LogP contribution in [0, 0.1) is 34.0 Å². The molecule has 1 heterocycles. The molecule has 3 saturated carbocycles. The van der Waals surface area contributed by atoms with E-state index in [0.29, 0.717) is 23.7 Å². The Labute approximate surface area is 212 Å². The van der Waals surface area contributed by atoms with Crippen molar-refractivity contribution >= 4 is 22.7 Å². The Balaban J connectivity index is 1.63. The Kier molecular flexibility index (Phi) is 5.82. The second kappa shape index (κ2) is 8.41. The number of hydrogen-bond donors (Lipinski definition) is 2. The first kappa shape index (κ1) is 24.9. The monoisotopic (exact) mass is 491 g/mol. The number of pyridine rings is 1. The molecular formula is C30H37NO5. The summed E-state index contributed by atoms with van der Waals surface area (Å²) in [4.78, 5) is 43.3. The molecule has 0 saturated heterocycles. The number of aliphatic hydroxyl groups is 1. The molecule has 6 heteroatoms. The summed E-state index contributed by atoms with van der Waals surface area (Å²) in [6.45, 7) is 12.3. The van der Waals surface area contributed by atoms with Crippen LogP contribution in [0.4, 0.5) is 0 Å². The number of aliphatic hydroxyl groups excluding tert-OH is 1. The summed E-state index contributed by atoms with van der Waals surface area (Å²) in [5.74, 6) is -0.766. The van der Waals surface area contributed by atoms with Crippen LogP contribution in [0.15, 0.2) is 47.9 Å². The smallest absolute Gasteiger partial charge is 0.343 e. The molecule has 8 atom stereocenters. The number of Topliss-reactive ketones (excluding diaryl/α,β-unsaturated/α-hetero) is 1. The van der Waals surface area contributed by atoms with Crippen LogP contribution in [-0.4, -0.2) is 34.1 Å². The van der Waals surface area contributed by atoms with Gasteiger partial charge in [0.25, 0.3) is 0 Å². The molecular weight excluding hydrogens is 454 g/mol. The highest BCUT2D eigenvalue weighted by Gasteiger charge is 2.68. The van der Waals surface area contributed by atoms with Crippen LogP contribution in [0.2, 0.25) is 0 Å². The van der Waals surface area contributed by atoms with Crippen LogP contribution >= 0.6 is 0 Å². The van der Waals surface area contributed by atoms with E-state index in [-0.39, 0.29) is 39.9 Å². The van der Waals surface area contributed by atoms with E-state index >= 15 is 0 Å². The second-order valence-electron chi connectivity index (χ2n) is 12.1. The summed E-state index contributed by atoms with van der Waals surface area (Å²) in [5.41, 5.74) is -1.47. The van der Waals surface area contributed by atoms with Crippen molar-refractivity contribution in [1.82, 2.24) is 4.98 Å². The van der Waals surface area contributed by atoms with Crippen LogP contribution in [0.25, 0.3) is 10.9 Å². The van der Waals surface area contributed by atoms with Gasteiger partial charge in [0.15, 0.2) is 0 Å². The summed E-state index contributed by atoms with van der Waals surface area (Å²) in [6.07, 6.45) is 5.12. The summed E-state index contributed by atoms with van der Waals surface area (Å²) in [6, 6.07) is 7.05. The lowest BCUT2D eigenvalue weighted by Gasteiger charge is -2.61. The van der Waals surface area contributed by atoms with Gasteiger partial charge in [0.1, 0.15) is 17.5 Å². The highest BCUT2D eigenvalue weighted by atomic mass is 16.5. The normalized spacial score (nSPS) is 40.2. The van der Waals surface area contributed by atoms with Gasteiger partial charge in [-0.1, -0.05) is 45.9 Å². The van der Waals surface area contributed by atoms with Gasteiger partial charge in [-0.2, -0.15) is 0 Å². The number of fused-ring (bicyclic) bond motifs is 1. The lowest BCUT2D eigenvalue weighted by Crippen LogP contribution is -2.63. The van der Waals surface area contributed by atoms with Crippen molar-refractivity contribution in [2.45, 2.75) is 72.0 Å². The number of carbonyl (C=O) groups excluding carboxylic acids is 2. The second-order valence-corrected chi connectivity index (χ2v) is 12.1. The molecule has 2 bridgehead atoms. The van der Waals surface area contributed by atoms with E-state index in [0.717, 1.165) is 19.3 Å². The average molecular weight is 492 g/mol. The number of esters is 1. The van der Waals surface area contributed by atoms with Gasteiger partial charge in [0, 0.05) is 40.3 Å². The van der Waals surface area contributed by atoms with Gasteiger partial charge in [0.05, 0.1) is 6.10 Å². The number of carbonyl (C=O) groups is 2. The summed E-state index contributed by atoms with van der Waals surface area (Å²) in [5, 5.41) is 12.1. The first-order valence-corrected chi connectivity index (χ1v) is 13.2. The average Bonchev–Trinajstić information content (AvgIpc) is 3.23. The molecule has 2 N–H and O–H groups in total. The van der Waals surface area contributed by atoms with Crippen LogP contribution in [0.3, 0.4) is 0 Å². The third-order valence-corrected chi connectivity index (χ3v) is 10.6. The predicted octanol–water partition coefficient (Wildman–Crippen LogP) is 5.05. The van der Waals surface area contributed by atoms with Crippen molar-refractivity contribution in [3.05, 3.63) is 58.9 Å². The molecule has 192 valence electrons. The SMILES string of the molecule is C=C[C@]1(C)C[C@@H](OC(=O)c2c[nH]c3ccccc3c2=O)[C@@]2(C)C3C(=O)CCC3(CC[C@H]2C)[C@@H](C)[C@@H]1O. The van der Waals surface area contributed by atoms with E-state index in [1.165, 1.54) is 6.20 Å². The van der Waals surface area contributed by atoms with Crippen LogP contribution in [0.1, 0.15) is 70.2 Å². The quantitative estimate of drug-likeness (QED) is 0.463. The summed E-state index contributed by atoms with van der Waals surface area (Å²) in [7, 11) is 0. The molecule has 0 aliphatic heterocycles. The van der Waals surface area contributed by atoms with Gasteiger partial charge in [0.2, 0.25) is 5.43 Å². The molecule has 1 aromatic heterocycles. The number of ether oxygens (including phenoxy) is 1. The van der Waals surface area contributed by atoms with Gasteiger partial charge in [-0.15, -0.1) is 6.58 Å². The number of H-pyrrole nitrogens is 1. The number of aromatic nitrogens is 1. The zero-order valence-electron chi connectivity index (χ0n) is 21.7. The molecule has 0 radical (unpaired) electrons. The fourth-order valence-electron chi connectivity index (χ4n) is 8.01. The van der Waals surface area contributed by atoms with E-state index in [4.69, 9.17) is 4.74 Å². The number of rotatable bonds is 3. The minimum absolute atomic E-state index is 0.0546. The maximum absolute atomic E-state index is 13.6. The minimum atomic E-state index is -0.730. The predicted molar refractivity (Wildman–Crippen MR) is 139 cm³/mol. The van der Waals surface area contributed by atoms with Crippen molar-refractivity contribution in [1.29, 1.82) is 0 Å². The van der Waals surface area contributed by atoms with E-state index < -0.39 is 29.0 Å². The fraction of sp³-hybridized carbons (Fsp3) is 0.567. The summed E-state index contributed by atoms with van der Waals surface area (Å²) >= 11 is 0. The van der Waals surface area contributed by atoms with Crippen LogP contribution in [-0.2, 0) is 9.53 Å². The van der Waals surface area contributed by atoms with Crippen molar-refractivity contribution in [3.8, 4) is 0 Å². The molecule has 36 heavy (non-hydrogen) atoms. The maximum Gasteiger partial charge on any atom is 0.343 e. The minimum Gasteiger partial charge on any atom is -0.458 e. The highest BCUT2D eigenvalue weighted by Crippen LogP contribution is 2.68. The van der Waals surface area contributed by atoms with E-state index in [1.54, 1.807) is 24.3 Å². The van der Waals surface area contributed by atoms with Gasteiger partial charge in [-0.3, -0.25) is 9.59 Å². The maximum atomic E-state index is 13.6. The Morgan fingerprint density at radius 2 is 1.92 bits per heavy atom. The number of ketones is 1. The lowest BCUT2D eigenvalue weighted by molar-refractivity contribution is -0.192. The third-order valence-electron chi connectivity index (χ3n) is 10.6. The van der Waals surface area contributed by atoms with E-state index in [2.05, 4.69) is 32.3 Å². The van der Waals surface area contributed by atoms with Crippen LogP contribution in [0.5, 0.6) is 0 Å². The summed E-state index contributed by atoms with van der Waals surface area (Å²) < 4.78 is 6.27. The van der Waals surface area contributed by atoms with Crippen LogP contribution < -0.4 is 5.43 Å². The topological polar surface area (TPSA) is 96.5 Å². The van der Waals surface area contributed by atoms with Crippen molar-refractivity contribution in [2.75, 3.05) is 0 Å². The van der Waals surface area contributed by atoms with E-state index in [1.807, 2.05) is 13.0 Å². The molecule has 2 unspecified atom stereocenters. The zero-order valence-corrected chi connectivity index (χ0v) is 21.7. The zero-order chi connectivity index (χ0) is 26.0. The molecule has 2 aromatic rings. The Morgan fingerprint density at radius 3 is 2.64 bits per heavy atom. The molecule has 1 aromatic carbocycles. The molecule has 5 rings (SSSR count). The Bertz CT molecular complexity index is 1300. The number of hydrogen-bond acceptors (Lipinski definition) is 5. The number of nitrogens with one attached hydrogen (secondary N) is 1. The highest BCUT2D eigenvalue weighted by molar-refractivity contribution is 5.93. The Hall–Kier alpha value is -2.73. The van der Waals surface area contributed by atoms with Gasteiger partial charge >= 0.3 is 5.97 Å². The first-order valence-electron chi connectivity index (χ1n) is 13.2. The fourth-order valence-corrected chi connectivity index (χ4v) is 8.01. The molecule has 3 aliphatic rings. The van der Waals surface area contributed by atoms with Crippen molar-refractivity contribution in [2.24, 2.45) is 34.0 Å². The Morgan fingerprint density at radius 1 is 1.19 bits per heavy atom. The van der Waals surface area contributed by atoms with Crippen molar-refractivity contribution < 1.29 is 19.4 Å². The molecule has 0 amide bonds. The first-order chi connectivity index (χ1) is 17.0. The number of para-hydroxylation sites is 1.